The highest BCUT2D eigenvalue weighted by atomic mass is 16.6. The molecule has 1 atom stereocenters. The lowest BCUT2D eigenvalue weighted by atomic mass is 10.1. The number of anilines is 1. The van der Waals surface area contributed by atoms with Gasteiger partial charge in [0.2, 0.25) is 0 Å². The number of piperidine rings is 1. The topological polar surface area (TPSA) is 58.8 Å². The first-order valence-corrected chi connectivity index (χ1v) is 7.76. The van der Waals surface area contributed by atoms with E-state index in [9.17, 15) is 4.79 Å². The van der Waals surface area contributed by atoms with E-state index in [0.29, 0.717) is 13.1 Å². The van der Waals surface area contributed by atoms with E-state index < -0.39 is 0 Å². The fraction of sp³-hybridized carbons (Fsp3) is 0.562. The molecule has 2 fully saturated rings. The van der Waals surface area contributed by atoms with Crippen LogP contribution in [-0.4, -0.2) is 43.3 Å². The minimum absolute atomic E-state index is 0.0233. The third kappa shape index (κ3) is 3.36. The summed E-state index contributed by atoms with van der Waals surface area (Å²) in [6, 6.07) is 7.79. The second-order valence-corrected chi connectivity index (χ2v) is 5.85. The normalized spacial score (nSPS) is 23.4. The predicted octanol–water partition coefficient (Wildman–Crippen LogP) is 1.96. The number of likely N-dealkylation sites (tertiary alicyclic amines) is 1. The number of carbonyl (C=O) groups excluding carboxylic acids is 1. The molecule has 2 saturated heterocycles. The van der Waals surface area contributed by atoms with Gasteiger partial charge in [-0.25, -0.2) is 4.79 Å². The highest BCUT2D eigenvalue weighted by molar-refractivity contribution is 5.89. The Balaban J connectivity index is 1.60. The Morgan fingerprint density at radius 1 is 1.14 bits per heavy atom. The number of nitrogens with zero attached hydrogens (tertiary/aromatic N) is 2. The van der Waals surface area contributed by atoms with E-state index in [2.05, 4.69) is 4.90 Å². The molecule has 0 aliphatic carbocycles. The summed E-state index contributed by atoms with van der Waals surface area (Å²) in [4.78, 5) is 16.2. The maximum Gasteiger partial charge on any atom is 0.414 e. The molecule has 2 N–H and O–H groups in total. The van der Waals surface area contributed by atoms with Crippen LogP contribution in [0.3, 0.4) is 0 Å². The number of rotatable bonds is 4. The Labute approximate surface area is 125 Å². The van der Waals surface area contributed by atoms with Crippen LogP contribution in [0, 0.1) is 0 Å². The third-order valence-corrected chi connectivity index (χ3v) is 4.27. The van der Waals surface area contributed by atoms with Crippen molar-refractivity contribution in [2.75, 3.05) is 31.1 Å². The van der Waals surface area contributed by atoms with Crippen LogP contribution < -0.4 is 10.6 Å². The third-order valence-electron chi connectivity index (χ3n) is 4.27. The first-order valence-electron chi connectivity index (χ1n) is 7.76. The van der Waals surface area contributed by atoms with Crippen LogP contribution in [0.1, 0.15) is 24.8 Å². The number of carbonyl (C=O) groups is 1. The van der Waals surface area contributed by atoms with Crippen molar-refractivity contribution in [2.45, 2.75) is 31.9 Å². The number of nitrogens with two attached hydrogens (primary N) is 1. The smallest absolute Gasteiger partial charge is 0.414 e. The van der Waals surface area contributed by atoms with Crippen molar-refractivity contribution in [3.63, 3.8) is 0 Å². The van der Waals surface area contributed by atoms with Crippen molar-refractivity contribution in [1.82, 2.24) is 4.90 Å². The van der Waals surface area contributed by atoms with Crippen molar-refractivity contribution in [2.24, 2.45) is 5.73 Å². The molecule has 0 radical (unpaired) electrons. The Kier molecular flexibility index (Phi) is 4.41. The molecule has 2 heterocycles. The monoisotopic (exact) mass is 289 g/mol. The molecule has 2 aliphatic heterocycles. The van der Waals surface area contributed by atoms with Gasteiger partial charge in [-0.05, 0) is 43.6 Å². The van der Waals surface area contributed by atoms with E-state index >= 15 is 0 Å². The zero-order chi connectivity index (χ0) is 14.7. The summed E-state index contributed by atoms with van der Waals surface area (Å²) in [6.45, 7) is 4.25. The largest absolute Gasteiger partial charge is 0.443 e. The number of amides is 1. The van der Waals surface area contributed by atoms with Crippen LogP contribution in [-0.2, 0) is 11.3 Å². The van der Waals surface area contributed by atoms with E-state index in [1.807, 2.05) is 24.3 Å². The van der Waals surface area contributed by atoms with E-state index in [-0.39, 0.29) is 12.2 Å². The average Bonchev–Trinajstić information content (AvgIpc) is 2.89. The Morgan fingerprint density at radius 2 is 1.86 bits per heavy atom. The lowest BCUT2D eigenvalue weighted by Crippen LogP contribution is -2.38. The maximum absolute atomic E-state index is 12.0. The van der Waals surface area contributed by atoms with Crippen LogP contribution >= 0.6 is 0 Å². The van der Waals surface area contributed by atoms with Crippen molar-refractivity contribution >= 4 is 11.8 Å². The van der Waals surface area contributed by atoms with Crippen LogP contribution in [0.5, 0.6) is 0 Å². The molecule has 0 spiro atoms. The maximum atomic E-state index is 12.0. The molecule has 0 unspecified atom stereocenters. The Bertz CT molecular complexity index is 483. The van der Waals surface area contributed by atoms with Crippen LogP contribution in [0.25, 0.3) is 0 Å². The summed E-state index contributed by atoms with van der Waals surface area (Å²) in [5.41, 5.74) is 7.55. The molecule has 21 heavy (non-hydrogen) atoms. The number of hydrogen-bond acceptors (Lipinski definition) is 4. The van der Waals surface area contributed by atoms with E-state index in [1.165, 1.54) is 19.3 Å². The number of benzene rings is 1. The standard InChI is InChI=1S/C16H23N3O2/c17-10-13-4-6-14(7-5-13)19-12-15(21-16(19)20)11-18-8-2-1-3-9-18/h4-7,15H,1-3,8-12,17H2/t15-/m1/s1. The van der Waals surface area contributed by atoms with Crippen molar-refractivity contribution in [3.05, 3.63) is 29.8 Å². The van der Waals surface area contributed by atoms with Crippen molar-refractivity contribution < 1.29 is 9.53 Å². The van der Waals surface area contributed by atoms with Gasteiger partial charge in [-0.3, -0.25) is 9.80 Å². The van der Waals surface area contributed by atoms with E-state index in [1.54, 1.807) is 4.90 Å². The molecule has 2 aliphatic rings. The van der Waals surface area contributed by atoms with E-state index in [0.717, 1.165) is 30.9 Å². The Hall–Kier alpha value is -1.59. The van der Waals surface area contributed by atoms with E-state index in [4.69, 9.17) is 10.5 Å². The molecule has 5 heteroatoms. The summed E-state index contributed by atoms with van der Waals surface area (Å²) in [5.74, 6) is 0. The zero-order valence-electron chi connectivity index (χ0n) is 12.3. The molecule has 114 valence electrons. The average molecular weight is 289 g/mol. The van der Waals surface area contributed by atoms with Crippen LogP contribution in [0.2, 0.25) is 0 Å². The molecule has 1 amide bonds. The first kappa shape index (κ1) is 14.4. The van der Waals surface area contributed by atoms with Gasteiger partial charge in [0, 0.05) is 18.8 Å². The summed E-state index contributed by atoms with van der Waals surface area (Å²) >= 11 is 0. The minimum atomic E-state index is -0.238. The zero-order valence-corrected chi connectivity index (χ0v) is 12.3. The van der Waals surface area contributed by atoms with Gasteiger partial charge in [-0.2, -0.15) is 0 Å². The second-order valence-electron chi connectivity index (χ2n) is 5.85. The van der Waals surface area contributed by atoms with Gasteiger partial charge in [0.15, 0.2) is 0 Å². The summed E-state index contributed by atoms with van der Waals surface area (Å²) in [5, 5.41) is 0. The number of cyclic esters (lactones) is 1. The van der Waals surface area contributed by atoms with Gasteiger partial charge >= 0.3 is 6.09 Å². The van der Waals surface area contributed by atoms with Crippen molar-refractivity contribution in [3.8, 4) is 0 Å². The van der Waals surface area contributed by atoms with Gasteiger partial charge in [0.1, 0.15) is 6.10 Å². The fourth-order valence-corrected chi connectivity index (χ4v) is 3.07. The molecule has 1 aromatic rings. The van der Waals surface area contributed by atoms with Gasteiger partial charge in [0.25, 0.3) is 0 Å². The molecular weight excluding hydrogens is 266 g/mol. The highest BCUT2D eigenvalue weighted by Gasteiger charge is 2.33. The Morgan fingerprint density at radius 3 is 2.52 bits per heavy atom. The second kappa shape index (κ2) is 6.45. The molecule has 0 saturated carbocycles. The summed E-state index contributed by atoms with van der Waals surface area (Å²) in [6.07, 6.45) is 3.57. The molecule has 0 bridgehead atoms. The summed E-state index contributed by atoms with van der Waals surface area (Å²) < 4.78 is 5.51. The summed E-state index contributed by atoms with van der Waals surface area (Å²) in [7, 11) is 0. The minimum Gasteiger partial charge on any atom is -0.443 e. The molecule has 0 aromatic heterocycles. The quantitative estimate of drug-likeness (QED) is 0.920. The van der Waals surface area contributed by atoms with Crippen LogP contribution in [0.4, 0.5) is 10.5 Å². The van der Waals surface area contributed by atoms with Crippen LogP contribution in [0.15, 0.2) is 24.3 Å². The lowest BCUT2D eigenvalue weighted by molar-refractivity contribution is 0.101. The lowest BCUT2D eigenvalue weighted by Gasteiger charge is -2.27. The van der Waals surface area contributed by atoms with Crippen molar-refractivity contribution in [1.29, 1.82) is 0 Å². The van der Waals surface area contributed by atoms with Gasteiger partial charge in [-0.15, -0.1) is 0 Å². The molecule has 3 rings (SSSR count). The molecule has 1 aromatic carbocycles. The SMILES string of the molecule is NCc1ccc(N2C[C@@H](CN3CCCCC3)OC2=O)cc1. The fourth-order valence-electron chi connectivity index (χ4n) is 3.07. The van der Waals surface area contributed by atoms with Gasteiger partial charge in [-0.1, -0.05) is 18.6 Å². The number of hydrogen-bond donors (Lipinski definition) is 1. The number of ether oxygens (including phenoxy) is 1. The highest BCUT2D eigenvalue weighted by Crippen LogP contribution is 2.23. The molecular formula is C16H23N3O2. The van der Waals surface area contributed by atoms with Gasteiger partial charge < -0.3 is 10.5 Å². The van der Waals surface area contributed by atoms with Gasteiger partial charge in [0.05, 0.1) is 6.54 Å². The predicted molar refractivity (Wildman–Crippen MR) is 82.2 cm³/mol. The molecule has 5 nitrogen and oxygen atoms in total. The first-order chi connectivity index (χ1) is 10.3.